The topological polar surface area (TPSA) is 15.3 Å². The fraction of sp³-hybridized carbons (Fsp3) is 1.00. The van der Waals surface area contributed by atoms with Crippen LogP contribution >= 0.6 is 0 Å². The molecule has 0 aromatic carbocycles. The zero-order valence-electron chi connectivity index (χ0n) is 11.2. The number of hydrogen-bond donors (Lipinski definition) is 1. The van der Waals surface area contributed by atoms with Crippen molar-refractivity contribution in [3.63, 3.8) is 0 Å². The first kappa shape index (κ1) is 12.4. The molecule has 2 unspecified atom stereocenters. The smallest absolute Gasteiger partial charge is 0.0100 e. The average molecular weight is 224 g/mol. The van der Waals surface area contributed by atoms with E-state index >= 15 is 0 Å². The van der Waals surface area contributed by atoms with Crippen LogP contribution in [-0.2, 0) is 0 Å². The zero-order valence-corrected chi connectivity index (χ0v) is 11.2. The van der Waals surface area contributed by atoms with Gasteiger partial charge in [0.05, 0.1) is 0 Å². The largest absolute Gasteiger partial charge is 0.314 e. The van der Waals surface area contributed by atoms with E-state index in [2.05, 4.69) is 31.0 Å². The fourth-order valence-corrected chi connectivity index (χ4v) is 3.19. The maximum atomic E-state index is 3.70. The number of nitrogens with zero attached hydrogens (tertiary/aromatic N) is 1. The molecule has 2 fully saturated rings. The molecule has 1 aliphatic carbocycles. The van der Waals surface area contributed by atoms with Gasteiger partial charge in [0, 0.05) is 18.6 Å². The van der Waals surface area contributed by atoms with E-state index in [0.29, 0.717) is 0 Å². The third-order valence-corrected chi connectivity index (χ3v) is 4.42. The third-order valence-electron chi connectivity index (χ3n) is 4.42. The van der Waals surface area contributed by atoms with Gasteiger partial charge >= 0.3 is 0 Å². The van der Waals surface area contributed by atoms with E-state index in [0.717, 1.165) is 23.9 Å². The molecule has 0 aromatic heterocycles. The Balaban J connectivity index is 1.86. The molecule has 16 heavy (non-hydrogen) atoms. The van der Waals surface area contributed by atoms with Gasteiger partial charge in [0.1, 0.15) is 0 Å². The van der Waals surface area contributed by atoms with E-state index in [4.69, 9.17) is 0 Å². The molecular formula is C14H28N2. The lowest BCUT2D eigenvalue weighted by atomic mass is 9.80. The second-order valence-electron chi connectivity index (χ2n) is 6.13. The van der Waals surface area contributed by atoms with Crippen molar-refractivity contribution in [2.75, 3.05) is 19.6 Å². The van der Waals surface area contributed by atoms with Crippen molar-refractivity contribution >= 4 is 0 Å². The molecule has 0 spiro atoms. The molecule has 0 amide bonds. The Kier molecular flexibility index (Phi) is 4.26. The Morgan fingerprint density at radius 3 is 2.56 bits per heavy atom. The number of hydrogen-bond acceptors (Lipinski definition) is 2. The Hall–Kier alpha value is -0.0800. The lowest BCUT2D eigenvalue weighted by Gasteiger charge is -2.44. The molecule has 94 valence electrons. The van der Waals surface area contributed by atoms with Gasteiger partial charge in [-0.25, -0.2) is 0 Å². The predicted molar refractivity (Wildman–Crippen MR) is 69.6 cm³/mol. The zero-order chi connectivity index (χ0) is 11.5. The van der Waals surface area contributed by atoms with Crippen molar-refractivity contribution < 1.29 is 0 Å². The van der Waals surface area contributed by atoms with Crippen LogP contribution in [0.1, 0.15) is 46.5 Å². The average Bonchev–Trinajstić information content (AvgIpc) is 2.20. The maximum absolute atomic E-state index is 3.70. The molecule has 1 aliphatic heterocycles. The second kappa shape index (κ2) is 5.50. The molecule has 2 aliphatic rings. The molecule has 0 radical (unpaired) electrons. The predicted octanol–water partition coefficient (Wildman–Crippen LogP) is 2.49. The number of nitrogens with one attached hydrogen (secondary N) is 1. The molecule has 2 nitrogen and oxygen atoms in total. The highest BCUT2D eigenvalue weighted by molar-refractivity contribution is 4.87. The summed E-state index contributed by atoms with van der Waals surface area (Å²) in [7, 11) is 0. The molecule has 1 N–H and O–H groups in total. The van der Waals surface area contributed by atoms with Crippen LogP contribution in [0.25, 0.3) is 0 Å². The van der Waals surface area contributed by atoms with Crippen molar-refractivity contribution in [1.82, 2.24) is 10.2 Å². The molecule has 2 rings (SSSR count). The van der Waals surface area contributed by atoms with E-state index in [1.54, 1.807) is 0 Å². The molecular weight excluding hydrogens is 196 g/mol. The van der Waals surface area contributed by atoms with E-state index < -0.39 is 0 Å². The van der Waals surface area contributed by atoms with E-state index in [1.165, 1.54) is 45.3 Å². The summed E-state index contributed by atoms with van der Waals surface area (Å²) in [5.41, 5.74) is 0. The summed E-state index contributed by atoms with van der Waals surface area (Å²) in [6.07, 6.45) is 5.50. The van der Waals surface area contributed by atoms with Crippen LogP contribution in [0.15, 0.2) is 0 Å². The Labute approximate surface area is 101 Å². The lowest BCUT2D eigenvalue weighted by molar-refractivity contribution is 0.0621. The molecule has 1 saturated carbocycles. The van der Waals surface area contributed by atoms with Crippen LogP contribution in [0.4, 0.5) is 0 Å². The van der Waals surface area contributed by atoms with Gasteiger partial charge in [-0.3, -0.25) is 4.90 Å². The van der Waals surface area contributed by atoms with Gasteiger partial charge in [0.2, 0.25) is 0 Å². The van der Waals surface area contributed by atoms with E-state index in [1.807, 2.05) is 0 Å². The van der Waals surface area contributed by atoms with Crippen LogP contribution in [-0.4, -0.2) is 36.6 Å². The summed E-state index contributed by atoms with van der Waals surface area (Å²) in [4.78, 5) is 2.77. The summed E-state index contributed by atoms with van der Waals surface area (Å²) in [5.74, 6) is 1.79. The summed E-state index contributed by atoms with van der Waals surface area (Å²) in [5, 5.41) is 3.70. The maximum Gasteiger partial charge on any atom is 0.0100 e. The van der Waals surface area contributed by atoms with Crippen molar-refractivity contribution in [3.05, 3.63) is 0 Å². The minimum Gasteiger partial charge on any atom is -0.314 e. The first-order valence-corrected chi connectivity index (χ1v) is 7.16. The first-order chi connectivity index (χ1) is 7.69. The molecule has 1 heterocycles. The highest BCUT2D eigenvalue weighted by Gasteiger charge is 2.32. The van der Waals surface area contributed by atoms with Gasteiger partial charge in [-0.1, -0.05) is 20.8 Å². The Bertz CT molecular complexity index is 211. The van der Waals surface area contributed by atoms with Crippen LogP contribution in [0.2, 0.25) is 0 Å². The summed E-state index contributed by atoms with van der Waals surface area (Å²) in [6.45, 7) is 10.9. The van der Waals surface area contributed by atoms with Gasteiger partial charge in [-0.2, -0.15) is 0 Å². The van der Waals surface area contributed by atoms with Gasteiger partial charge in [-0.05, 0) is 50.6 Å². The third kappa shape index (κ3) is 2.98. The molecule has 2 atom stereocenters. The van der Waals surface area contributed by atoms with Gasteiger partial charge in [0.25, 0.3) is 0 Å². The van der Waals surface area contributed by atoms with Crippen LogP contribution < -0.4 is 5.32 Å². The number of rotatable bonds is 2. The van der Waals surface area contributed by atoms with Crippen molar-refractivity contribution in [2.24, 2.45) is 11.8 Å². The Morgan fingerprint density at radius 2 is 1.94 bits per heavy atom. The highest BCUT2D eigenvalue weighted by atomic mass is 15.2. The van der Waals surface area contributed by atoms with E-state index in [9.17, 15) is 0 Å². The highest BCUT2D eigenvalue weighted by Crippen LogP contribution is 2.32. The minimum atomic E-state index is 0.753. The lowest BCUT2D eigenvalue weighted by Crippen LogP contribution is -2.50. The van der Waals surface area contributed by atoms with Crippen LogP contribution in [0.3, 0.4) is 0 Å². The minimum absolute atomic E-state index is 0.753. The van der Waals surface area contributed by atoms with Gasteiger partial charge in [-0.15, -0.1) is 0 Å². The van der Waals surface area contributed by atoms with Crippen molar-refractivity contribution in [3.8, 4) is 0 Å². The molecule has 1 saturated heterocycles. The molecule has 0 bridgehead atoms. The van der Waals surface area contributed by atoms with Gasteiger partial charge < -0.3 is 5.32 Å². The van der Waals surface area contributed by atoms with Gasteiger partial charge in [0.15, 0.2) is 0 Å². The Morgan fingerprint density at radius 1 is 1.19 bits per heavy atom. The van der Waals surface area contributed by atoms with Crippen LogP contribution in [0, 0.1) is 11.8 Å². The summed E-state index contributed by atoms with van der Waals surface area (Å²) < 4.78 is 0. The van der Waals surface area contributed by atoms with Crippen molar-refractivity contribution in [2.45, 2.75) is 58.5 Å². The van der Waals surface area contributed by atoms with Crippen LogP contribution in [0.5, 0.6) is 0 Å². The van der Waals surface area contributed by atoms with Crippen molar-refractivity contribution in [1.29, 1.82) is 0 Å². The summed E-state index contributed by atoms with van der Waals surface area (Å²) >= 11 is 0. The normalized spacial score (nSPS) is 42.2. The molecule has 2 heteroatoms. The first-order valence-electron chi connectivity index (χ1n) is 7.16. The monoisotopic (exact) mass is 224 g/mol. The molecule has 0 aromatic rings. The van der Waals surface area contributed by atoms with E-state index in [-0.39, 0.29) is 0 Å². The fourth-order valence-electron chi connectivity index (χ4n) is 3.19. The SMILES string of the molecule is CCC1CCN(C2CC(C)C2)CC(C)CN1. The standard InChI is InChI=1S/C14H28N2/c1-4-13-5-6-16(10-12(3)9-15-13)14-7-11(2)8-14/h11-15H,4-10H2,1-3H3. The quantitative estimate of drug-likeness (QED) is 0.775. The summed E-state index contributed by atoms with van der Waals surface area (Å²) in [6, 6.07) is 1.66. The second-order valence-corrected chi connectivity index (χ2v) is 6.13.